The topological polar surface area (TPSA) is 77.8 Å². The van der Waals surface area contributed by atoms with Crippen molar-refractivity contribution < 1.29 is 18.7 Å². The number of benzene rings is 4. The Morgan fingerprint density at radius 1 is 0.811 bits per heavy atom. The van der Waals surface area contributed by atoms with E-state index in [-0.39, 0.29) is 23.7 Å². The van der Waals surface area contributed by atoms with Gasteiger partial charge in [-0.2, -0.15) is 0 Å². The Labute approximate surface area is 222 Å². The minimum absolute atomic E-state index is 0.0645. The van der Waals surface area contributed by atoms with Crippen LogP contribution in [0.25, 0.3) is 22.1 Å². The summed E-state index contributed by atoms with van der Waals surface area (Å²) in [5, 5.41) is 3.72. The molecule has 0 atom stereocenters. The molecule has 37 heavy (non-hydrogen) atoms. The van der Waals surface area contributed by atoms with Gasteiger partial charge in [0.1, 0.15) is 23.3 Å². The Morgan fingerprint density at radius 2 is 1.54 bits per heavy atom. The summed E-state index contributed by atoms with van der Waals surface area (Å²) in [7, 11) is 0. The standard InChI is InChI=1S/C29H19Cl2NO5/c30-24-13-8-20(14-25(24)31)32-28(33)17-35-22-11-12-23-26(15-22)36-16-27(29(23)34)37-21-9-6-19(7-10-21)18-4-2-1-3-5-18/h1-16H,17H2,(H,32,33). The molecule has 0 bridgehead atoms. The first-order chi connectivity index (χ1) is 18.0. The molecule has 1 heterocycles. The van der Waals surface area contributed by atoms with Gasteiger partial charge in [0.2, 0.25) is 11.2 Å². The van der Waals surface area contributed by atoms with E-state index in [2.05, 4.69) is 5.32 Å². The van der Waals surface area contributed by atoms with Crippen LogP contribution in [0.5, 0.6) is 17.2 Å². The predicted molar refractivity (Wildman–Crippen MR) is 145 cm³/mol. The Bertz CT molecular complexity index is 1630. The largest absolute Gasteiger partial charge is 0.484 e. The molecule has 5 aromatic rings. The number of anilines is 1. The minimum Gasteiger partial charge on any atom is -0.484 e. The van der Waals surface area contributed by atoms with Gasteiger partial charge < -0.3 is 19.2 Å². The Morgan fingerprint density at radius 3 is 2.30 bits per heavy atom. The molecule has 1 amide bonds. The van der Waals surface area contributed by atoms with Crippen molar-refractivity contribution >= 4 is 45.8 Å². The van der Waals surface area contributed by atoms with E-state index in [1.54, 1.807) is 48.5 Å². The molecule has 0 radical (unpaired) electrons. The molecule has 0 aliphatic heterocycles. The molecule has 0 unspecified atom stereocenters. The highest BCUT2D eigenvalue weighted by Gasteiger charge is 2.12. The van der Waals surface area contributed by atoms with Crippen molar-refractivity contribution in [2.24, 2.45) is 0 Å². The van der Waals surface area contributed by atoms with E-state index in [0.29, 0.717) is 38.2 Å². The number of amides is 1. The van der Waals surface area contributed by atoms with Gasteiger partial charge in [0, 0.05) is 11.8 Å². The van der Waals surface area contributed by atoms with Crippen molar-refractivity contribution in [2.45, 2.75) is 0 Å². The maximum Gasteiger partial charge on any atom is 0.262 e. The van der Waals surface area contributed by atoms with Crippen molar-refractivity contribution in [1.29, 1.82) is 0 Å². The quantitative estimate of drug-likeness (QED) is 0.234. The third-order valence-electron chi connectivity index (χ3n) is 5.48. The molecule has 1 N–H and O–H groups in total. The summed E-state index contributed by atoms with van der Waals surface area (Å²) in [5.74, 6) is 0.556. The lowest BCUT2D eigenvalue weighted by Gasteiger charge is -2.09. The number of rotatable bonds is 7. The molecular weight excluding hydrogens is 513 g/mol. The zero-order chi connectivity index (χ0) is 25.8. The Kier molecular flexibility index (Phi) is 7.12. The molecule has 0 spiro atoms. The van der Waals surface area contributed by atoms with Crippen LogP contribution in [-0.2, 0) is 4.79 Å². The van der Waals surface area contributed by atoms with Crippen LogP contribution in [0.4, 0.5) is 5.69 Å². The summed E-state index contributed by atoms with van der Waals surface area (Å²) in [6, 6.07) is 26.9. The fraction of sp³-hybridized carbons (Fsp3) is 0.0345. The lowest BCUT2D eigenvalue weighted by molar-refractivity contribution is -0.118. The van der Waals surface area contributed by atoms with Gasteiger partial charge in [-0.05, 0) is 53.6 Å². The van der Waals surface area contributed by atoms with Crippen molar-refractivity contribution in [3.05, 3.63) is 118 Å². The van der Waals surface area contributed by atoms with Crippen molar-refractivity contribution in [2.75, 3.05) is 11.9 Å². The van der Waals surface area contributed by atoms with E-state index < -0.39 is 0 Å². The summed E-state index contributed by atoms with van der Waals surface area (Å²) >= 11 is 11.9. The first-order valence-corrected chi connectivity index (χ1v) is 12.0. The highest BCUT2D eigenvalue weighted by molar-refractivity contribution is 6.42. The molecule has 0 aliphatic rings. The van der Waals surface area contributed by atoms with Crippen LogP contribution in [0.1, 0.15) is 0 Å². The molecule has 0 saturated carbocycles. The van der Waals surface area contributed by atoms with E-state index >= 15 is 0 Å². The summed E-state index contributed by atoms with van der Waals surface area (Å²) < 4.78 is 17.0. The molecule has 5 rings (SSSR count). The van der Waals surface area contributed by atoms with Crippen molar-refractivity contribution in [3.63, 3.8) is 0 Å². The minimum atomic E-state index is -0.387. The van der Waals surface area contributed by atoms with Crippen molar-refractivity contribution in [3.8, 4) is 28.4 Å². The highest BCUT2D eigenvalue weighted by atomic mass is 35.5. The molecule has 0 fully saturated rings. The van der Waals surface area contributed by atoms with Crippen molar-refractivity contribution in [1.82, 2.24) is 0 Å². The van der Waals surface area contributed by atoms with Gasteiger partial charge in [-0.1, -0.05) is 65.7 Å². The number of hydrogen-bond donors (Lipinski definition) is 1. The first kappa shape index (κ1) is 24.4. The van der Waals surface area contributed by atoms with Gasteiger partial charge in [-0.3, -0.25) is 9.59 Å². The van der Waals surface area contributed by atoms with Gasteiger partial charge in [-0.15, -0.1) is 0 Å². The number of hydrogen-bond acceptors (Lipinski definition) is 5. The zero-order valence-corrected chi connectivity index (χ0v) is 20.8. The van der Waals surface area contributed by atoms with Crippen LogP contribution >= 0.6 is 23.2 Å². The van der Waals surface area contributed by atoms with Crippen LogP contribution in [0.3, 0.4) is 0 Å². The van der Waals surface area contributed by atoms with Gasteiger partial charge in [-0.25, -0.2) is 0 Å². The lowest BCUT2D eigenvalue weighted by atomic mass is 10.1. The number of halogens is 2. The predicted octanol–water partition coefficient (Wildman–Crippen LogP) is 7.58. The second kappa shape index (κ2) is 10.8. The SMILES string of the molecule is O=C(COc1ccc2c(=O)c(Oc3ccc(-c4ccccc4)cc3)coc2c1)Nc1ccc(Cl)c(Cl)c1. The summed E-state index contributed by atoms with van der Waals surface area (Å²) in [4.78, 5) is 25.2. The normalized spacial score (nSPS) is 10.8. The van der Waals surface area contributed by atoms with Gasteiger partial charge in [0.25, 0.3) is 5.91 Å². The third-order valence-corrected chi connectivity index (χ3v) is 6.22. The van der Waals surface area contributed by atoms with E-state index in [4.69, 9.17) is 37.1 Å². The average molecular weight is 532 g/mol. The number of carbonyl (C=O) groups is 1. The third kappa shape index (κ3) is 5.77. The number of carbonyl (C=O) groups excluding carboxylic acids is 1. The van der Waals surface area contributed by atoms with E-state index in [0.717, 1.165) is 11.1 Å². The molecule has 1 aromatic heterocycles. The number of ether oxygens (including phenoxy) is 2. The molecule has 0 saturated heterocycles. The zero-order valence-electron chi connectivity index (χ0n) is 19.2. The van der Waals surface area contributed by atoms with Gasteiger partial charge in [0.05, 0.1) is 15.4 Å². The van der Waals surface area contributed by atoms with Gasteiger partial charge in [0.15, 0.2) is 6.61 Å². The van der Waals surface area contributed by atoms with Crippen LogP contribution in [-0.4, -0.2) is 12.5 Å². The average Bonchev–Trinajstić information content (AvgIpc) is 2.92. The Balaban J connectivity index is 1.25. The van der Waals surface area contributed by atoms with Crippen LogP contribution in [0.15, 0.2) is 106 Å². The molecule has 4 aromatic carbocycles. The molecule has 0 aliphatic carbocycles. The van der Waals surface area contributed by atoms with Crippen LogP contribution in [0, 0.1) is 0 Å². The second-order valence-electron chi connectivity index (χ2n) is 8.05. The fourth-order valence-corrected chi connectivity index (χ4v) is 3.94. The van der Waals surface area contributed by atoms with E-state index in [1.807, 2.05) is 42.5 Å². The molecule has 8 heteroatoms. The second-order valence-corrected chi connectivity index (χ2v) is 8.86. The highest BCUT2D eigenvalue weighted by Crippen LogP contribution is 2.27. The molecule has 184 valence electrons. The van der Waals surface area contributed by atoms with Gasteiger partial charge >= 0.3 is 0 Å². The Hall–Kier alpha value is -4.26. The summed E-state index contributed by atoms with van der Waals surface area (Å²) in [6.45, 7) is -0.254. The molecular formula is C29H19Cl2NO5. The summed E-state index contributed by atoms with van der Waals surface area (Å²) in [5.41, 5.74) is 2.60. The number of fused-ring (bicyclic) bond motifs is 1. The lowest BCUT2D eigenvalue weighted by Crippen LogP contribution is -2.20. The van der Waals surface area contributed by atoms with Crippen LogP contribution < -0.4 is 20.2 Å². The van der Waals surface area contributed by atoms with Crippen LogP contribution in [0.2, 0.25) is 10.0 Å². The summed E-state index contributed by atoms with van der Waals surface area (Å²) in [6.07, 6.45) is 1.26. The number of nitrogens with one attached hydrogen (secondary N) is 1. The van der Waals surface area contributed by atoms with E-state index in [1.165, 1.54) is 6.26 Å². The maximum atomic E-state index is 12.9. The fourth-order valence-electron chi connectivity index (χ4n) is 3.64. The smallest absolute Gasteiger partial charge is 0.262 e. The monoisotopic (exact) mass is 531 g/mol. The first-order valence-electron chi connectivity index (χ1n) is 11.2. The molecule has 6 nitrogen and oxygen atoms in total. The maximum absolute atomic E-state index is 12.9. The van der Waals surface area contributed by atoms with E-state index in [9.17, 15) is 9.59 Å².